The molecule has 0 saturated heterocycles. The van der Waals surface area contributed by atoms with Gasteiger partial charge in [-0.2, -0.15) is 0 Å². The van der Waals surface area contributed by atoms with Crippen LogP contribution in [0.3, 0.4) is 0 Å². The van der Waals surface area contributed by atoms with Gasteiger partial charge in [0.05, 0.1) is 6.42 Å². The van der Waals surface area contributed by atoms with E-state index >= 15 is 0 Å². The van der Waals surface area contributed by atoms with E-state index < -0.39 is 0 Å². The number of amides is 1. The third kappa shape index (κ3) is 4.29. The molecule has 0 radical (unpaired) electrons. The molecule has 0 aliphatic carbocycles. The topological polar surface area (TPSA) is 54.9 Å². The van der Waals surface area contributed by atoms with Crippen molar-refractivity contribution in [2.24, 2.45) is 0 Å². The summed E-state index contributed by atoms with van der Waals surface area (Å²) in [5.74, 6) is -0.0383. The highest BCUT2D eigenvalue weighted by molar-refractivity contribution is 7.21. The molecule has 0 aliphatic rings. The number of anilines is 1. The first-order valence-corrected chi connectivity index (χ1v) is 11.2. The molecule has 2 heterocycles. The predicted octanol–water partition coefficient (Wildman–Crippen LogP) is 6.51. The van der Waals surface area contributed by atoms with Gasteiger partial charge in [0, 0.05) is 17.4 Å². The van der Waals surface area contributed by atoms with Gasteiger partial charge in [-0.3, -0.25) is 4.79 Å². The van der Waals surface area contributed by atoms with Crippen molar-refractivity contribution >= 4 is 33.3 Å². The van der Waals surface area contributed by atoms with E-state index in [1.807, 2.05) is 67.6 Å². The second-order valence-corrected chi connectivity index (χ2v) is 8.64. The van der Waals surface area contributed by atoms with Crippen molar-refractivity contribution in [3.8, 4) is 21.7 Å². The van der Waals surface area contributed by atoms with Gasteiger partial charge in [-0.05, 0) is 47.4 Å². The molecular formula is C27H21N3OS. The smallest absolute Gasteiger partial charge is 0.228 e. The number of benzene rings is 3. The summed E-state index contributed by atoms with van der Waals surface area (Å²) in [6.45, 7) is 1.99. The van der Waals surface area contributed by atoms with Crippen LogP contribution in [0, 0.1) is 6.92 Å². The van der Waals surface area contributed by atoms with Crippen molar-refractivity contribution < 1.29 is 4.79 Å². The minimum Gasteiger partial charge on any atom is -0.326 e. The lowest BCUT2D eigenvalue weighted by atomic mass is 10.0. The molecule has 0 bridgehead atoms. The lowest BCUT2D eigenvalue weighted by Crippen LogP contribution is -2.15. The zero-order chi connectivity index (χ0) is 21.9. The predicted molar refractivity (Wildman–Crippen MR) is 132 cm³/mol. The maximum Gasteiger partial charge on any atom is 0.228 e. The van der Waals surface area contributed by atoms with Crippen LogP contribution in [0.25, 0.3) is 32.0 Å². The number of thiazole rings is 1. The Kier molecular flexibility index (Phi) is 5.48. The Morgan fingerprint density at radius 2 is 1.62 bits per heavy atom. The maximum absolute atomic E-state index is 12.7. The number of aromatic nitrogens is 2. The minimum atomic E-state index is -0.0383. The van der Waals surface area contributed by atoms with Crippen molar-refractivity contribution in [1.29, 1.82) is 0 Å². The van der Waals surface area contributed by atoms with Crippen LogP contribution in [0.1, 0.15) is 11.1 Å². The number of hydrogen-bond donors (Lipinski definition) is 1. The first-order chi connectivity index (χ1) is 15.7. The van der Waals surface area contributed by atoms with Gasteiger partial charge in [0.2, 0.25) is 5.91 Å². The molecule has 0 atom stereocenters. The van der Waals surface area contributed by atoms with E-state index in [9.17, 15) is 4.79 Å². The summed E-state index contributed by atoms with van der Waals surface area (Å²) < 4.78 is 0. The molecule has 0 spiro atoms. The van der Waals surface area contributed by atoms with Crippen molar-refractivity contribution in [3.63, 3.8) is 0 Å². The summed E-state index contributed by atoms with van der Waals surface area (Å²) in [6, 6.07) is 28.3. The van der Waals surface area contributed by atoms with E-state index in [0.29, 0.717) is 6.42 Å². The molecule has 1 N–H and O–H groups in total. The van der Waals surface area contributed by atoms with Gasteiger partial charge in [0.25, 0.3) is 0 Å². The Bertz CT molecular complexity index is 1360. The summed E-state index contributed by atoms with van der Waals surface area (Å²) in [4.78, 5) is 22.7. The molecule has 156 valence electrons. The van der Waals surface area contributed by atoms with Gasteiger partial charge < -0.3 is 5.32 Å². The lowest BCUT2D eigenvalue weighted by Gasteiger charge is -2.10. The molecule has 5 heteroatoms. The fourth-order valence-corrected chi connectivity index (χ4v) is 4.51. The van der Waals surface area contributed by atoms with Gasteiger partial charge >= 0.3 is 0 Å². The average Bonchev–Trinajstić information content (AvgIpc) is 3.26. The molecule has 1 amide bonds. The number of carbonyl (C=O) groups is 1. The number of fused-ring (bicyclic) bond motifs is 1. The molecule has 0 unspecified atom stereocenters. The number of pyridine rings is 1. The monoisotopic (exact) mass is 435 g/mol. The Morgan fingerprint density at radius 3 is 2.41 bits per heavy atom. The van der Waals surface area contributed by atoms with Crippen LogP contribution in [0.2, 0.25) is 0 Å². The molecular weight excluding hydrogens is 414 g/mol. The molecule has 5 rings (SSSR count). The van der Waals surface area contributed by atoms with Crippen LogP contribution in [-0.2, 0) is 11.2 Å². The SMILES string of the molecule is Cc1ccc(-c2nc3cccnc3s2)cc1NC(=O)Cc1ccc(-c2ccccc2)cc1. The zero-order valence-corrected chi connectivity index (χ0v) is 18.4. The Balaban J connectivity index is 1.31. The largest absolute Gasteiger partial charge is 0.326 e. The van der Waals surface area contributed by atoms with Gasteiger partial charge in [-0.1, -0.05) is 78.1 Å². The fraction of sp³-hybridized carbons (Fsp3) is 0.0741. The number of rotatable bonds is 5. The first kappa shape index (κ1) is 20.1. The molecule has 0 aliphatic heterocycles. The normalized spacial score (nSPS) is 10.9. The summed E-state index contributed by atoms with van der Waals surface area (Å²) in [5.41, 5.74) is 6.97. The molecule has 2 aromatic heterocycles. The molecule has 0 saturated carbocycles. The van der Waals surface area contributed by atoms with E-state index in [0.717, 1.165) is 43.3 Å². The maximum atomic E-state index is 12.7. The number of nitrogens with zero attached hydrogens (tertiary/aromatic N) is 2. The quantitative estimate of drug-likeness (QED) is 0.342. The summed E-state index contributed by atoms with van der Waals surface area (Å²) in [5, 5.41) is 3.97. The molecule has 4 nitrogen and oxygen atoms in total. The molecule has 5 aromatic rings. The number of hydrogen-bond acceptors (Lipinski definition) is 4. The van der Waals surface area contributed by atoms with Crippen LogP contribution >= 0.6 is 11.3 Å². The van der Waals surface area contributed by atoms with Crippen LogP contribution < -0.4 is 5.32 Å². The van der Waals surface area contributed by atoms with Crippen molar-refractivity contribution in [1.82, 2.24) is 9.97 Å². The van der Waals surface area contributed by atoms with Gasteiger partial charge in [0.1, 0.15) is 15.4 Å². The molecule has 3 aromatic carbocycles. The first-order valence-electron chi connectivity index (χ1n) is 10.4. The van der Waals surface area contributed by atoms with Crippen LogP contribution in [0.15, 0.2) is 91.1 Å². The van der Waals surface area contributed by atoms with Crippen molar-refractivity contribution in [2.45, 2.75) is 13.3 Å². The molecule has 32 heavy (non-hydrogen) atoms. The van der Waals surface area contributed by atoms with Gasteiger partial charge in [-0.15, -0.1) is 0 Å². The fourth-order valence-electron chi connectivity index (χ4n) is 3.61. The third-order valence-corrected chi connectivity index (χ3v) is 6.38. The Labute approximate surface area is 190 Å². The van der Waals surface area contributed by atoms with E-state index in [4.69, 9.17) is 0 Å². The molecule has 0 fully saturated rings. The highest BCUT2D eigenvalue weighted by atomic mass is 32.1. The van der Waals surface area contributed by atoms with Crippen molar-refractivity contribution in [2.75, 3.05) is 5.32 Å². The van der Waals surface area contributed by atoms with E-state index in [-0.39, 0.29) is 5.91 Å². The van der Waals surface area contributed by atoms with E-state index in [2.05, 4.69) is 39.6 Å². The number of nitrogens with one attached hydrogen (secondary N) is 1. The highest BCUT2D eigenvalue weighted by Gasteiger charge is 2.11. The summed E-state index contributed by atoms with van der Waals surface area (Å²) >= 11 is 1.55. The second kappa shape index (κ2) is 8.73. The van der Waals surface area contributed by atoms with Crippen molar-refractivity contribution in [3.05, 3.63) is 102 Å². The lowest BCUT2D eigenvalue weighted by molar-refractivity contribution is -0.115. The number of aryl methyl sites for hydroxylation is 1. The Hall–Kier alpha value is -3.83. The number of carbonyl (C=O) groups excluding carboxylic acids is 1. The summed E-state index contributed by atoms with van der Waals surface area (Å²) in [6.07, 6.45) is 2.10. The van der Waals surface area contributed by atoms with Gasteiger partial charge in [0.15, 0.2) is 0 Å². The summed E-state index contributed by atoms with van der Waals surface area (Å²) in [7, 11) is 0. The van der Waals surface area contributed by atoms with E-state index in [1.54, 1.807) is 17.5 Å². The van der Waals surface area contributed by atoms with E-state index in [1.165, 1.54) is 5.56 Å². The minimum absolute atomic E-state index is 0.0383. The zero-order valence-electron chi connectivity index (χ0n) is 17.6. The van der Waals surface area contributed by atoms with Crippen LogP contribution in [-0.4, -0.2) is 15.9 Å². The average molecular weight is 436 g/mol. The van der Waals surface area contributed by atoms with Gasteiger partial charge in [-0.25, -0.2) is 9.97 Å². The Morgan fingerprint density at radius 1 is 0.875 bits per heavy atom. The van der Waals surface area contributed by atoms with Crippen LogP contribution in [0.4, 0.5) is 5.69 Å². The second-order valence-electron chi connectivity index (χ2n) is 7.66. The van der Waals surface area contributed by atoms with Crippen LogP contribution in [0.5, 0.6) is 0 Å². The standard InChI is InChI=1S/C27H21N3OS/c1-18-9-12-22(26-30-23-8-5-15-28-27(23)32-26)17-24(18)29-25(31)16-19-10-13-21(14-11-19)20-6-3-2-4-7-20/h2-15,17H,16H2,1H3,(H,29,31). The highest BCUT2D eigenvalue weighted by Crippen LogP contribution is 2.31. The third-order valence-electron chi connectivity index (χ3n) is 5.35.